The van der Waals surface area contributed by atoms with Crippen LogP contribution in [-0.2, 0) is 0 Å². The largest absolute Gasteiger partial charge is 0.507 e. The van der Waals surface area contributed by atoms with Crippen molar-refractivity contribution in [2.75, 3.05) is 5.32 Å². The molecule has 0 atom stereocenters. The van der Waals surface area contributed by atoms with Crippen molar-refractivity contribution in [1.82, 2.24) is 4.98 Å². The van der Waals surface area contributed by atoms with Crippen LogP contribution in [0.25, 0.3) is 0 Å². The zero-order valence-electron chi connectivity index (χ0n) is 8.90. The number of phenols is 1. The van der Waals surface area contributed by atoms with Crippen LogP contribution in [0.3, 0.4) is 0 Å². The summed E-state index contributed by atoms with van der Waals surface area (Å²) in [5.41, 5.74) is 1.05. The number of aromatic hydroxyl groups is 1. The van der Waals surface area contributed by atoms with Gasteiger partial charge in [0, 0.05) is 0 Å². The minimum Gasteiger partial charge on any atom is -0.507 e. The molecule has 6 heteroatoms. The number of benzene rings is 1. The Morgan fingerprint density at radius 1 is 1.47 bits per heavy atom. The first-order chi connectivity index (χ1) is 8.08. The van der Waals surface area contributed by atoms with Gasteiger partial charge in [-0.25, -0.2) is 4.98 Å². The fraction of sp³-hybridized carbons (Fsp3) is 0.0909. The van der Waals surface area contributed by atoms with Gasteiger partial charge in [-0.2, -0.15) is 0 Å². The molecule has 88 valence electrons. The Labute approximate surface area is 110 Å². The van der Waals surface area contributed by atoms with Crippen LogP contribution in [-0.4, -0.2) is 16.0 Å². The van der Waals surface area contributed by atoms with Crippen LogP contribution in [0.4, 0.5) is 5.13 Å². The number of thiazole rings is 1. The molecule has 0 unspecified atom stereocenters. The molecule has 1 amide bonds. The molecule has 0 saturated heterocycles. The summed E-state index contributed by atoms with van der Waals surface area (Å²) in [5.74, 6) is -0.415. The number of hydrogen-bond donors (Lipinski definition) is 2. The lowest BCUT2D eigenvalue weighted by Gasteiger charge is -2.03. The van der Waals surface area contributed by atoms with Gasteiger partial charge in [-0.15, -0.1) is 0 Å². The number of carbonyl (C=O) groups is 1. The maximum Gasteiger partial charge on any atom is 0.261 e. The lowest BCUT2D eigenvalue weighted by molar-refractivity contribution is 0.102. The Kier molecular flexibility index (Phi) is 3.44. The molecule has 0 spiro atoms. The fourth-order valence-electron chi connectivity index (χ4n) is 1.26. The Balaban J connectivity index is 2.20. The minimum absolute atomic E-state index is 0.0441. The molecule has 0 radical (unpaired) electrons. The molecular formula is C11H9BrN2O2S. The van der Waals surface area contributed by atoms with Gasteiger partial charge in [-0.1, -0.05) is 23.5 Å². The number of halogens is 1. The van der Waals surface area contributed by atoms with Crippen LogP contribution in [0, 0.1) is 6.92 Å². The SMILES string of the molecule is Cc1nc(NC(=O)c2ccccc2O)sc1Br. The van der Waals surface area contributed by atoms with E-state index in [2.05, 4.69) is 26.2 Å². The van der Waals surface area contributed by atoms with E-state index < -0.39 is 0 Å². The van der Waals surface area contributed by atoms with Gasteiger partial charge in [0.15, 0.2) is 5.13 Å². The molecule has 2 rings (SSSR count). The van der Waals surface area contributed by atoms with Crippen molar-refractivity contribution in [3.8, 4) is 5.75 Å². The molecule has 1 aromatic heterocycles. The highest BCUT2D eigenvalue weighted by Gasteiger charge is 2.13. The van der Waals surface area contributed by atoms with E-state index in [1.165, 1.54) is 17.4 Å². The normalized spacial score (nSPS) is 10.2. The van der Waals surface area contributed by atoms with Crippen molar-refractivity contribution in [2.24, 2.45) is 0 Å². The number of amides is 1. The van der Waals surface area contributed by atoms with Crippen molar-refractivity contribution in [1.29, 1.82) is 0 Å². The van der Waals surface area contributed by atoms with E-state index in [0.29, 0.717) is 5.13 Å². The summed E-state index contributed by atoms with van der Waals surface area (Å²) in [6.45, 7) is 1.84. The maximum absolute atomic E-state index is 11.8. The summed E-state index contributed by atoms with van der Waals surface area (Å²) in [7, 11) is 0. The van der Waals surface area contributed by atoms with Crippen LogP contribution >= 0.6 is 27.3 Å². The van der Waals surface area contributed by atoms with Crippen LogP contribution in [0.1, 0.15) is 16.1 Å². The number of carbonyl (C=O) groups excluding carboxylic acids is 1. The number of aromatic nitrogens is 1. The third-order valence-corrected chi connectivity index (χ3v) is 4.03. The standard InChI is InChI=1S/C11H9BrN2O2S/c1-6-9(12)17-11(13-6)14-10(16)7-4-2-3-5-8(7)15/h2-5,15H,1H3,(H,13,14,16). The molecule has 0 aliphatic carbocycles. The molecule has 1 aromatic carbocycles. The van der Waals surface area contributed by atoms with Crippen molar-refractivity contribution in [2.45, 2.75) is 6.92 Å². The summed E-state index contributed by atoms with van der Waals surface area (Å²) >= 11 is 4.67. The predicted molar refractivity (Wildman–Crippen MR) is 70.6 cm³/mol. The van der Waals surface area contributed by atoms with Crippen LogP contribution in [0.2, 0.25) is 0 Å². The van der Waals surface area contributed by atoms with Crippen molar-refractivity contribution in [3.05, 3.63) is 39.3 Å². The quantitative estimate of drug-likeness (QED) is 0.895. The molecule has 0 bridgehead atoms. The zero-order valence-corrected chi connectivity index (χ0v) is 11.3. The van der Waals surface area contributed by atoms with Gasteiger partial charge in [0.25, 0.3) is 5.91 Å². The number of nitrogens with one attached hydrogen (secondary N) is 1. The van der Waals surface area contributed by atoms with E-state index >= 15 is 0 Å². The number of nitrogens with zero attached hydrogens (tertiary/aromatic N) is 1. The Morgan fingerprint density at radius 2 is 2.18 bits per heavy atom. The maximum atomic E-state index is 11.8. The third kappa shape index (κ3) is 2.65. The van der Waals surface area contributed by atoms with Crippen LogP contribution in [0.15, 0.2) is 28.1 Å². The molecule has 17 heavy (non-hydrogen) atoms. The molecule has 2 N–H and O–H groups in total. The summed E-state index contributed by atoms with van der Waals surface area (Å²) in [5, 5.41) is 12.7. The Bertz CT molecular complexity index is 549. The molecule has 0 aliphatic heterocycles. The molecule has 2 aromatic rings. The molecular weight excluding hydrogens is 304 g/mol. The highest BCUT2D eigenvalue weighted by Crippen LogP contribution is 2.28. The fourth-order valence-corrected chi connectivity index (χ4v) is 2.50. The summed E-state index contributed by atoms with van der Waals surface area (Å²) in [6.07, 6.45) is 0. The predicted octanol–water partition coefficient (Wildman–Crippen LogP) is 3.17. The van der Waals surface area contributed by atoms with Gasteiger partial charge in [0.05, 0.1) is 15.0 Å². The number of hydrogen-bond acceptors (Lipinski definition) is 4. The highest BCUT2D eigenvalue weighted by atomic mass is 79.9. The Morgan fingerprint density at radius 3 is 2.76 bits per heavy atom. The van der Waals surface area contributed by atoms with Gasteiger partial charge in [0.2, 0.25) is 0 Å². The number of anilines is 1. The van der Waals surface area contributed by atoms with Crippen LogP contribution < -0.4 is 5.32 Å². The number of rotatable bonds is 2. The second-order valence-corrected chi connectivity index (χ2v) is 5.67. The summed E-state index contributed by atoms with van der Waals surface area (Å²) < 4.78 is 0.880. The zero-order chi connectivity index (χ0) is 12.4. The molecule has 0 saturated carbocycles. The van der Waals surface area contributed by atoms with E-state index in [-0.39, 0.29) is 17.2 Å². The highest BCUT2D eigenvalue weighted by molar-refractivity contribution is 9.11. The minimum atomic E-state index is -0.371. The van der Waals surface area contributed by atoms with Gasteiger partial charge >= 0.3 is 0 Å². The van der Waals surface area contributed by atoms with Gasteiger partial charge < -0.3 is 5.11 Å². The smallest absolute Gasteiger partial charge is 0.261 e. The van der Waals surface area contributed by atoms with E-state index in [9.17, 15) is 9.90 Å². The van der Waals surface area contributed by atoms with Gasteiger partial charge in [0.1, 0.15) is 5.75 Å². The first-order valence-corrected chi connectivity index (χ1v) is 6.41. The lowest BCUT2D eigenvalue weighted by Crippen LogP contribution is -2.11. The first-order valence-electron chi connectivity index (χ1n) is 4.80. The van der Waals surface area contributed by atoms with Crippen molar-refractivity contribution in [3.63, 3.8) is 0 Å². The molecule has 1 heterocycles. The van der Waals surface area contributed by atoms with Gasteiger partial charge in [-0.05, 0) is 35.0 Å². The lowest BCUT2D eigenvalue weighted by atomic mass is 10.2. The average molecular weight is 313 g/mol. The monoisotopic (exact) mass is 312 g/mol. The topological polar surface area (TPSA) is 62.2 Å². The average Bonchev–Trinajstić information content (AvgIpc) is 2.58. The molecule has 0 fully saturated rings. The number of phenolic OH excluding ortho intramolecular Hbond substituents is 1. The van der Waals surface area contributed by atoms with Crippen molar-refractivity contribution >= 4 is 38.3 Å². The van der Waals surface area contributed by atoms with E-state index in [1.54, 1.807) is 18.2 Å². The van der Waals surface area contributed by atoms with E-state index in [1.807, 2.05) is 6.92 Å². The molecule has 4 nitrogen and oxygen atoms in total. The number of aryl methyl sites for hydroxylation is 1. The third-order valence-electron chi connectivity index (χ3n) is 2.11. The van der Waals surface area contributed by atoms with E-state index in [4.69, 9.17) is 0 Å². The summed E-state index contributed by atoms with van der Waals surface area (Å²) in [4.78, 5) is 16.0. The Hall–Kier alpha value is -1.40. The van der Waals surface area contributed by atoms with Crippen molar-refractivity contribution < 1.29 is 9.90 Å². The second kappa shape index (κ2) is 4.85. The first kappa shape index (κ1) is 12.1. The van der Waals surface area contributed by atoms with E-state index in [0.717, 1.165) is 9.48 Å². The van der Waals surface area contributed by atoms with Crippen LogP contribution in [0.5, 0.6) is 5.75 Å². The second-order valence-electron chi connectivity index (χ2n) is 3.35. The summed E-state index contributed by atoms with van der Waals surface area (Å²) in [6, 6.07) is 6.38. The molecule has 0 aliphatic rings. The number of para-hydroxylation sites is 1. The van der Waals surface area contributed by atoms with Gasteiger partial charge in [-0.3, -0.25) is 10.1 Å².